The average Bonchev–Trinajstić information content (AvgIpc) is 3.21. The van der Waals surface area contributed by atoms with Gasteiger partial charge in [0, 0.05) is 24.8 Å². The summed E-state index contributed by atoms with van der Waals surface area (Å²) in [4.78, 5) is 5.30. The number of benzene rings is 2. The first kappa shape index (κ1) is 21.9. The van der Waals surface area contributed by atoms with Crippen molar-refractivity contribution < 1.29 is 27.4 Å². The van der Waals surface area contributed by atoms with E-state index in [1.54, 1.807) is 33.6 Å². The summed E-state index contributed by atoms with van der Waals surface area (Å²) in [5, 5.41) is 3.95. The van der Waals surface area contributed by atoms with Gasteiger partial charge in [-0.15, -0.1) is 11.3 Å². The molecule has 0 saturated heterocycles. The number of rotatable bonds is 8. The van der Waals surface area contributed by atoms with Crippen LogP contribution in [0.1, 0.15) is 16.1 Å². The lowest BCUT2D eigenvalue weighted by atomic mass is 10.1. The molecule has 0 saturated carbocycles. The Morgan fingerprint density at radius 3 is 2.27 bits per heavy atom. The van der Waals surface area contributed by atoms with Crippen LogP contribution < -0.4 is 19.5 Å². The van der Waals surface area contributed by atoms with Gasteiger partial charge in [0.05, 0.1) is 31.8 Å². The second-order valence-electron chi connectivity index (χ2n) is 6.33. The van der Waals surface area contributed by atoms with Gasteiger partial charge < -0.3 is 19.5 Å². The minimum absolute atomic E-state index is 0.309. The Bertz CT molecular complexity index is 980. The predicted octanol–water partition coefficient (Wildman–Crippen LogP) is 5.14. The highest BCUT2D eigenvalue weighted by molar-refractivity contribution is 7.15. The molecule has 5 nitrogen and oxygen atoms in total. The number of alkyl halides is 3. The largest absolute Gasteiger partial charge is 0.493 e. The fourth-order valence-corrected chi connectivity index (χ4v) is 3.79. The zero-order valence-corrected chi connectivity index (χ0v) is 17.5. The molecule has 0 bridgehead atoms. The standard InChI is InChI=1S/C21H21F3N2O3S/c1-27-16-8-14(9-17(28-2)20(16)29-3)18-11-26-19(30-18)12-25-10-13-5-4-6-15(7-13)21(22,23)24/h4-9,11,25H,10,12H2,1-3H3. The molecule has 2 aromatic carbocycles. The predicted molar refractivity (Wildman–Crippen MR) is 109 cm³/mol. The molecule has 0 fully saturated rings. The van der Waals surface area contributed by atoms with Crippen LogP contribution in [0.3, 0.4) is 0 Å². The quantitative estimate of drug-likeness (QED) is 0.528. The van der Waals surface area contributed by atoms with Crippen molar-refractivity contribution in [2.45, 2.75) is 19.3 Å². The van der Waals surface area contributed by atoms with Crippen LogP contribution in [0.2, 0.25) is 0 Å². The lowest BCUT2D eigenvalue weighted by molar-refractivity contribution is -0.137. The van der Waals surface area contributed by atoms with E-state index in [0.29, 0.717) is 35.9 Å². The van der Waals surface area contributed by atoms with Gasteiger partial charge in [0.2, 0.25) is 5.75 Å². The van der Waals surface area contributed by atoms with E-state index in [9.17, 15) is 13.2 Å². The highest BCUT2D eigenvalue weighted by Gasteiger charge is 2.30. The summed E-state index contributed by atoms with van der Waals surface area (Å²) in [6, 6.07) is 8.96. The summed E-state index contributed by atoms with van der Waals surface area (Å²) in [5.41, 5.74) is 0.776. The summed E-state index contributed by atoms with van der Waals surface area (Å²) >= 11 is 1.47. The van der Waals surface area contributed by atoms with E-state index < -0.39 is 11.7 Å². The van der Waals surface area contributed by atoms with Gasteiger partial charge in [0.1, 0.15) is 5.01 Å². The number of aromatic nitrogens is 1. The molecule has 30 heavy (non-hydrogen) atoms. The third kappa shape index (κ3) is 5.03. The van der Waals surface area contributed by atoms with Gasteiger partial charge in [-0.25, -0.2) is 4.98 Å². The fraction of sp³-hybridized carbons (Fsp3) is 0.286. The summed E-state index contributed by atoms with van der Waals surface area (Å²) < 4.78 is 54.6. The molecule has 0 radical (unpaired) electrons. The minimum Gasteiger partial charge on any atom is -0.493 e. The topological polar surface area (TPSA) is 52.6 Å². The summed E-state index contributed by atoms with van der Waals surface area (Å²) in [6.07, 6.45) is -2.60. The Hall–Kier alpha value is -2.78. The van der Waals surface area contributed by atoms with Crippen LogP contribution in [0.25, 0.3) is 10.4 Å². The van der Waals surface area contributed by atoms with Crippen molar-refractivity contribution in [1.82, 2.24) is 10.3 Å². The number of hydrogen-bond donors (Lipinski definition) is 1. The maximum Gasteiger partial charge on any atom is 0.416 e. The van der Waals surface area contributed by atoms with Crippen LogP contribution >= 0.6 is 11.3 Å². The van der Waals surface area contributed by atoms with Crippen LogP contribution in [0.4, 0.5) is 13.2 Å². The van der Waals surface area contributed by atoms with E-state index >= 15 is 0 Å². The normalized spacial score (nSPS) is 11.4. The molecule has 1 N–H and O–H groups in total. The lowest BCUT2D eigenvalue weighted by Crippen LogP contribution is -2.13. The Balaban J connectivity index is 1.69. The maximum absolute atomic E-state index is 12.8. The van der Waals surface area contributed by atoms with E-state index in [4.69, 9.17) is 14.2 Å². The second-order valence-corrected chi connectivity index (χ2v) is 7.45. The Morgan fingerprint density at radius 1 is 0.967 bits per heavy atom. The van der Waals surface area contributed by atoms with Crippen LogP contribution in [0, 0.1) is 0 Å². The van der Waals surface area contributed by atoms with Gasteiger partial charge in [0.15, 0.2) is 11.5 Å². The second kappa shape index (κ2) is 9.36. The zero-order valence-electron chi connectivity index (χ0n) is 16.7. The van der Waals surface area contributed by atoms with Crippen molar-refractivity contribution in [2.75, 3.05) is 21.3 Å². The van der Waals surface area contributed by atoms with Crippen molar-refractivity contribution in [3.8, 4) is 27.7 Å². The zero-order chi connectivity index (χ0) is 21.7. The van der Waals surface area contributed by atoms with Gasteiger partial charge in [-0.2, -0.15) is 13.2 Å². The fourth-order valence-electron chi connectivity index (χ4n) is 2.92. The van der Waals surface area contributed by atoms with Crippen LogP contribution in [0.5, 0.6) is 17.2 Å². The number of ether oxygens (including phenoxy) is 3. The van der Waals surface area contributed by atoms with Gasteiger partial charge in [-0.05, 0) is 23.8 Å². The molecule has 0 aliphatic carbocycles. The Morgan fingerprint density at radius 2 is 1.67 bits per heavy atom. The first-order valence-corrected chi connectivity index (χ1v) is 9.79. The SMILES string of the molecule is COc1cc(-c2cnc(CNCc3cccc(C(F)(F)F)c3)s2)cc(OC)c1OC. The number of halogens is 3. The smallest absolute Gasteiger partial charge is 0.416 e. The van der Waals surface area contributed by atoms with E-state index in [1.807, 2.05) is 12.1 Å². The molecule has 1 heterocycles. The van der Waals surface area contributed by atoms with Crippen molar-refractivity contribution in [3.05, 3.63) is 58.7 Å². The summed E-state index contributed by atoms with van der Waals surface area (Å²) in [5.74, 6) is 1.60. The first-order valence-electron chi connectivity index (χ1n) is 8.97. The third-order valence-electron chi connectivity index (χ3n) is 4.36. The highest BCUT2D eigenvalue weighted by atomic mass is 32.1. The van der Waals surface area contributed by atoms with Crippen molar-refractivity contribution >= 4 is 11.3 Å². The number of methoxy groups -OCH3 is 3. The van der Waals surface area contributed by atoms with Gasteiger partial charge in [0.25, 0.3) is 0 Å². The number of nitrogens with one attached hydrogen (secondary N) is 1. The molecule has 0 spiro atoms. The van der Waals surface area contributed by atoms with Crippen LogP contribution in [-0.2, 0) is 19.3 Å². The number of nitrogens with zero attached hydrogens (tertiary/aromatic N) is 1. The van der Waals surface area contributed by atoms with E-state index in [2.05, 4.69) is 10.3 Å². The molecule has 3 aromatic rings. The Labute approximate surface area is 176 Å². The summed E-state index contributed by atoms with van der Waals surface area (Å²) in [6.45, 7) is 0.744. The van der Waals surface area contributed by atoms with Crippen LogP contribution in [-0.4, -0.2) is 26.3 Å². The molecule has 9 heteroatoms. The van der Waals surface area contributed by atoms with Crippen molar-refractivity contribution in [2.24, 2.45) is 0 Å². The molecule has 1 aromatic heterocycles. The number of hydrogen-bond acceptors (Lipinski definition) is 6. The summed E-state index contributed by atoms with van der Waals surface area (Å²) in [7, 11) is 4.65. The lowest BCUT2D eigenvalue weighted by Gasteiger charge is -2.13. The minimum atomic E-state index is -4.35. The Kier molecular flexibility index (Phi) is 6.84. The van der Waals surface area contributed by atoms with Gasteiger partial charge in [-0.3, -0.25) is 0 Å². The van der Waals surface area contributed by atoms with Gasteiger partial charge in [-0.1, -0.05) is 18.2 Å². The molecule has 0 atom stereocenters. The van der Waals surface area contributed by atoms with E-state index in [0.717, 1.165) is 27.6 Å². The highest BCUT2D eigenvalue weighted by Crippen LogP contribution is 2.42. The molecule has 0 amide bonds. The van der Waals surface area contributed by atoms with Crippen molar-refractivity contribution in [1.29, 1.82) is 0 Å². The van der Waals surface area contributed by atoms with Crippen molar-refractivity contribution in [3.63, 3.8) is 0 Å². The number of thiazole rings is 1. The van der Waals surface area contributed by atoms with E-state index in [-0.39, 0.29) is 0 Å². The third-order valence-corrected chi connectivity index (χ3v) is 5.41. The molecule has 0 unspecified atom stereocenters. The first-order chi connectivity index (χ1) is 14.4. The average molecular weight is 438 g/mol. The molecule has 0 aliphatic heterocycles. The monoisotopic (exact) mass is 438 g/mol. The molecular weight excluding hydrogens is 417 g/mol. The van der Waals surface area contributed by atoms with Crippen LogP contribution in [0.15, 0.2) is 42.6 Å². The van der Waals surface area contributed by atoms with E-state index in [1.165, 1.54) is 17.4 Å². The maximum atomic E-state index is 12.8. The molecular formula is C21H21F3N2O3S. The molecule has 160 valence electrons. The van der Waals surface area contributed by atoms with Gasteiger partial charge >= 0.3 is 6.18 Å². The molecule has 3 rings (SSSR count). The molecule has 0 aliphatic rings.